The fraction of sp³-hybridized carbons (Fsp3) is 0.462. The van der Waals surface area contributed by atoms with Gasteiger partial charge in [-0.25, -0.2) is 0 Å². The van der Waals surface area contributed by atoms with E-state index in [1.165, 1.54) is 13.8 Å². The number of carbonyl (C=O) groups excluding carboxylic acids is 1. The van der Waals surface area contributed by atoms with Crippen LogP contribution < -0.4 is 10.1 Å². The average Bonchev–Trinajstić information content (AvgIpc) is 2.28. The maximum absolute atomic E-state index is 11.5. The molecule has 0 fully saturated rings. The van der Waals surface area contributed by atoms with Crippen LogP contribution in [-0.2, 0) is 11.3 Å². The molecule has 0 saturated carbocycles. The van der Waals surface area contributed by atoms with Gasteiger partial charge in [-0.1, -0.05) is 17.7 Å². The number of ether oxygens (including phenoxy) is 1. The molecular formula is C13H18ClNO3. The maximum Gasteiger partial charge on any atom is 0.251 e. The molecule has 4 nitrogen and oxygen atoms in total. The monoisotopic (exact) mass is 271 g/mol. The molecule has 0 saturated heterocycles. The topological polar surface area (TPSA) is 58.6 Å². The molecule has 100 valence electrons. The van der Waals surface area contributed by atoms with E-state index < -0.39 is 11.5 Å². The molecule has 0 bridgehead atoms. The first-order valence-corrected chi connectivity index (χ1v) is 6.14. The van der Waals surface area contributed by atoms with E-state index in [9.17, 15) is 9.90 Å². The molecule has 2 N–H and O–H groups in total. The highest BCUT2D eigenvalue weighted by molar-refractivity contribution is 6.32. The Kier molecular flexibility index (Phi) is 4.99. The lowest BCUT2D eigenvalue weighted by molar-refractivity contribution is -0.136. The molecule has 0 spiro atoms. The van der Waals surface area contributed by atoms with Crippen molar-refractivity contribution in [2.45, 2.75) is 32.9 Å². The van der Waals surface area contributed by atoms with Crippen LogP contribution in [0.2, 0.25) is 5.02 Å². The molecule has 1 rings (SSSR count). The van der Waals surface area contributed by atoms with Crippen molar-refractivity contribution in [1.29, 1.82) is 0 Å². The zero-order valence-corrected chi connectivity index (χ0v) is 11.5. The maximum atomic E-state index is 11.5. The molecule has 0 atom stereocenters. The van der Waals surface area contributed by atoms with Crippen molar-refractivity contribution in [3.63, 3.8) is 0 Å². The van der Waals surface area contributed by atoms with Gasteiger partial charge in [0.15, 0.2) is 0 Å². The third-order valence-corrected chi connectivity index (χ3v) is 2.60. The summed E-state index contributed by atoms with van der Waals surface area (Å²) >= 11 is 6.03. The number of halogens is 1. The fourth-order valence-corrected chi connectivity index (χ4v) is 1.58. The molecule has 1 aromatic rings. The molecule has 1 aromatic carbocycles. The van der Waals surface area contributed by atoms with Crippen molar-refractivity contribution in [2.75, 3.05) is 6.61 Å². The summed E-state index contributed by atoms with van der Waals surface area (Å²) in [6.45, 7) is 5.62. The van der Waals surface area contributed by atoms with Crippen LogP contribution in [0.4, 0.5) is 0 Å². The van der Waals surface area contributed by atoms with E-state index in [1.807, 2.05) is 13.0 Å². The van der Waals surface area contributed by atoms with Crippen LogP contribution in [0.15, 0.2) is 18.2 Å². The highest BCUT2D eigenvalue weighted by Gasteiger charge is 2.22. The lowest BCUT2D eigenvalue weighted by Crippen LogP contribution is -2.41. The number of rotatable bonds is 5. The average molecular weight is 272 g/mol. The van der Waals surface area contributed by atoms with Crippen LogP contribution in [0.3, 0.4) is 0 Å². The first-order valence-electron chi connectivity index (χ1n) is 5.76. The lowest BCUT2D eigenvalue weighted by atomic mass is 10.1. The Hall–Kier alpha value is -1.26. The van der Waals surface area contributed by atoms with Gasteiger partial charge < -0.3 is 15.2 Å². The van der Waals surface area contributed by atoms with Gasteiger partial charge in [0.25, 0.3) is 5.91 Å². The highest BCUT2D eigenvalue weighted by Crippen LogP contribution is 2.25. The number of carbonyl (C=O) groups is 1. The summed E-state index contributed by atoms with van der Waals surface area (Å²) in [7, 11) is 0. The number of hydrogen-bond donors (Lipinski definition) is 2. The first kappa shape index (κ1) is 14.8. The molecule has 5 heteroatoms. The second kappa shape index (κ2) is 6.07. The molecular weight excluding hydrogens is 254 g/mol. The molecule has 0 unspecified atom stereocenters. The number of aliphatic hydroxyl groups is 1. The molecule has 0 heterocycles. The Labute approximate surface area is 112 Å². The van der Waals surface area contributed by atoms with Gasteiger partial charge in [0.05, 0.1) is 11.6 Å². The Morgan fingerprint density at radius 1 is 1.50 bits per heavy atom. The number of hydrogen-bond acceptors (Lipinski definition) is 3. The van der Waals surface area contributed by atoms with Gasteiger partial charge in [-0.15, -0.1) is 0 Å². The minimum absolute atomic E-state index is 0.314. The van der Waals surface area contributed by atoms with Crippen molar-refractivity contribution >= 4 is 17.5 Å². The van der Waals surface area contributed by atoms with E-state index in [2.05, 4.69) is 5.32 Å². The van der Waals surface area contributed by atoms with Gasteiger partial charge in [-0.3, -0.25) is 4.79 Å². The van der Waals surface area contributed by atoms with Crippen LogP contribution in [-0.4, -0.2) is 23.2 Å². The third kappa shape index (κ3) is 4.20. The largest absolute Gasteiger partial charge is 0.492 e. The van der Waals surface area contributed by atoms with Crippen molar-refractivity contribution in [1.82, 2.24) is 5.32 Å². The smallest absolute Gasteiger partial charge is 0.251 e. The number of nitrogens with one attached hydrogen (secondary N) is 1. The normalized spacial score (nSPS) is 11.2. The molecule has 0 aliphatic carbocycles. The van der Waals surface area contributed by atoms with Crippen molar-refractivity contribution in [3.8, 4) is 5.75 Å². The van der Waals surface area contributed by atoms with E-state index >= 15 is 0 Å². The third-order valence-electron chi connectivity index (χ3n) is 2.30. The quantitative estimate of drug-likeness (QED) is 0.862. The standard InChI is InChI=1S/C13H18ClNO3/c1-4-18-11-6-5-9(7-10(11)14)8-15-12(16)13(2,3)17/h5-7,17H,4,8H2,1-3H3,(H,15,16). The summed E-state index contributed by atoms with van der Waals surface area (Å²) in [6, 6.07) is 5.32. The van der Waals surface area contributed by atoms with Crippen molar-refractivity contribution in [2.24, 2.45) is 0 Å². The number of benzene rings is 1. The van der Waals surface area contributed by atoms with Crippen LogP contribution in [0.1, 0.15) is 26.3 Å². The van der Waals surface area contributed by atoms with Crippen LogP contribution >= 0.6 is 11.6 Å². The summed E-state index contributed by atoms with van der Waals surface area (Å²) in [5.74, 6) is 0.198. The van der Waals surface area contributed by atoms with Crippen LogP contribution in [0.5, 0.6) is 5.75 Å². The zero-order chi connectivity index (χ0) is 13.8. The fourth-order valence-electron chi connectivity index (χ4n) is 1.33. The van der Waals surface area contributed by atoms with Gasteiger partial charge >= 0.3 is 0 Å². The molecule has 0 aromatic heterocycles. The van der Waals surface area contributed by atoms with Crippen LogP contribution in [0.25, 0.3) is 0 Å². The Balaban J connectivity index is 2.64. The van der Waals surface area contributed by atoms with Gasteiger partial charge in [-0.2, -0.15) is 0 Å². The molecule has 0 aliphatic heterocycles. The molecule has 0 aliphatic rings. The predicted molar refractivity (Wildman–Crippen MR) is 70.8 cm³/mol. The minimum Gasteiger partial charge on any atom is -0.492 e. The van der Waals surface area contributed by atoms with Crippen molar-refractivity contribution < 1.29 is 14.6 Å². The Morgan fingerprint density at radius 3 is 2.67 bits per heavy atom. The van der Waals surface area contributed by atoms with Gasteiger partial charge in [-0.05, 0) is 38.5 Å². The molecule has 18 heavy (non-hydrogen) atoms. The first-order chi connectivity index (χ1) is 8.34. The van der Waals surface area contributed by atoms with Gasteiger partial charge in [0.1, 0.15) is 11.4 Å². The van der Waals surface area contributed by atoms with Gasteiger partial charge in [0.2, 0.25) is 0 Å². The Bertz CT molecular complexity index is 427. The van der Waals surface area contributed by atoms with Crippen LogP contribution in [0, 0.1) is 0 Å². The summed E-state index contributed by atoms with van der Waals surface area (Å²) in [5, 5.41) is 12.6. The van der Waals surface area contributed by atoms with E-state index in [1.54, 1.807) is 12.1 Å². The van der Waals surface area contributed by atoms with E-state index in [0.29, 0.717) is 23.9 Å². The second-order valence-electron chi connectivity index (χ2n) is 4.44. The highest BCUT2D eigenvalue weighted by atomic mass is 35.5. The second-order valence-corrected chi connectivity index (χ2v) is 4.85. The molecule has 1 amide bonds. The lowest BCUT2D eigenvalue weighted by Gasteiger charge is -2.16. The van der Waals surface area contributed by atoms with E-state index in [4.69, 9.17) is 16.3 Å². The molecule has 0 radical (unpaired) electrons. The minimum atomic E-state index is -1.38. The SMILES string of the molecule is CCOc1ccc(CNC(=O)C(C)(C)O)cc1Cl. The summed E-state index contributed by atoms with van der Waals surface area (Å²) in [4.78, 5) is 11.5. The van der Waals surface area contributed by atoms with E-state index in [-0.39, 0.29) is 0 Å². The van der Waals surface area contributed by atoms with E-state index in [0.717, 1.165) is 5.56 Å². The zero-order valence-electron chi connectivity index (χ0n) is 10.8. The van der Waals surface area contributed by atoms with Crippen molar-refractivity contribution in [3.05, 3.63) is 28.8 Å². The summed E-state index contributed by atoms with van der Waals surface area (Å²) in [6.07, 6.45) is 0. The predicted octanol–water partition coefficient (Wildman–Crippen LogP) is 2.13. The summed E-state index contributed by atoms with van der Waals surface area (Å²) < 4.78 is 5.31. The summed E-state index contributed by atoms with van der Waals surface area (Å²) in [5.41, 5.74) is -0.532. The Morgan fingerprint density at radius 2 is 2.17 bits per heavy atom. The number of amides is 1. The van der Waals surface area contributed by atoms with Gasteiger partial charge in [0, 0.05) is 6.54 Å².